The van der Waals surface area contributed by atoms with Crippen LogP contribution in [0.4, 0.5) is 11.4 Å². The molecule has 0 saturated carbocycles. The highest BCUT2D eigenvalue weighted by Crippen LogP contribution is 2.39. The Morgan fingerprint density at radius 3 is 2.21 bits per heavy atom. The first-order valence-corrected chi connectivity index (χ1v) is 11.4. The van der Waals surface area contributed by atoms with Crippen LogP contribution >= 0.6 is 0 Å². The molecule has 0 radical (unpaired) electrons. The summed E-state index contributed by atoms with van der Waals surface area (Å²) in [6, 6.07) is 34.7. The van der Waals surface area contributed by atoms with Crippen molar-refractivity contribution >= 4 is 38.8 Å². The highest BCUT2D eigenvalue weighted by atomic mass is 15.1. The Kier molecular flexibility index (Phi) is 5.58. The molecule has 0 unspecified atom stereocenters. The van der Waals surface area contributed by atoms with Crippen molar-refractivity contribution in [3.8, 4) is 5.69 Å². The van der Waals surface area contributed by atoms with E-state index in [1.807, 2.05) is 6.92 Å². The summed E-state index contributed by atoms with van der Waals surface area (Å²) in [4.78, 5) is 2.27. The highest BCUT2D eigenvalue weighted by molar-refractivity contribution is 6.13. The molecule has 1 aromatic heterocycles. The van der Waals surface area contributed by atoms with Crippen LogP contribution in [-0.2, 0) is 0 Å². The molecule has 4 aromatic carbocycles. The van der Waals surface area contributed by atoms with Gasteiger partial charge in [-0.25, -0.2) is 0 Å². The van der Waals surface area contributed by atoms with Crippen LogP contribution in [0.5, 0.6) is 0 Å². The molecule has 162 valence electrons. The summed E-state index contributed by atoms with van der Waals surface area (Å²) in [6.07, 6.45) is 6.30. The van der Waals surface area contributed by atoms with Crippen molar-refractivity contribution in [2.45, 2.75) is 13.8 Å². The fourth-order valence-electron chi connectivity index (χ4n) is 4.54. The number of rotatable bonds is 5. The zero-order valence-corrected chi connectivity index (χ0v) is 19.4. The van der Waals surface area contributed by atoms with Crippen molar-refractivity contribution in [3.63, 3.8) is 0 Å². The van der Waals surface area contributed by atoms with Crippen LogP contribution in [0.1, 0.15) is 19.4 Å². The Morgan fingerprint density at radius 1 is 0.758 bits per heavy atom. The molecule has 2 heteroatoms. The summed E-state index contributed by atoms with van der Waals surface area (Å²) >= 11 is 0. The quantitative estimate of drug-likeness (QED) is 0.255. The molecule has 5 aromatic rings. The fourth-order valence-corrected chi connectivity index (χ4v) is 4.54. The van der Waals surface area contributed by atoms with Crippen LogP contribution in [0.2, 0.25) is 0 Å². The van der Waals surface area contributed by atoms with Gasteiger partial charge in [-0.2, -0.15) is 0 Å². The summed E-state index contributed by atoms with van der Waals surface area (Å²) in [5.41, 5.74) is 8.45. The van der Waals surface area contributed by atoms with Gasteiger partial charge in [0.15, 0.2) is 0 Å². The van der Waals surface area contributed by atoms with Gasteiger partial charge in [-0.15, -0.1) is 0 Å². The number of allylic oxidation sites excluding steroid dienone is 4. The van der Waals surface area contributed by atoms with E-state index in [9.17, 15) is 0 Å². The smallest absolute Gasteiger partial charge is 0.0778 e. The standard InChI is InChI=1S/C31H28N2/c1-4-5-12-23(2)24-19-21-26(22-20-24)33-29-17-10-9-15-27(29)28-16-11-18-30(31(28)33)32(3)25-13-7-6-8-14-25/h4-22H,1-3H3/b5-4-,23-12+. The summed E-state index contributed by atoms with van der Waals surface area (Å²) in [5.74, 6) is 0. The van der Waals surface area contributed by atoms with Crippen LogP contribution in [-0.4, -0.2) is 11.6 Å². The van der Waals surface area contributed by atoms with Gasteiger partial charge in [0.2, 0.25) is 0 Å². The average Bonchev–Trinajstić information content (AvgIpc) is 3.22. The van der Waals surface area contributed by atoms with Crippen LogP contribution in [0.15, 0.2) is 115 Å². The van der Waals surface area contributed by atoms with Crippen molar-refractivity contribution in [1.29, 1.82) is 0 Å². The van der Waals surface area contributed by atoms with Gasteiger partial charge in [0, 0.05) is 29.2 Å². The van der Waals surface area contributed by atoms with Crippen molar-refractivity contribution in [1.82, 2.24) is 4.57 Å². The minimum Gasteiger partial charge on any atom is -0.343 e. The Morgan fingerprint density at radius 2 is 1.45 bits per heavy atom. The third-order valence-corrected chi connectivity index (χ3v) is 6.30. The van der Waals surface area contributed by atoms with Crippen LogP contribution in [0.25, 0.3) is 33.1 Å². The number of para-hydroxylation sites is 3. The van der Waals surface area contributed by atoms with Gasteiger partial charge in [0.25, 0.3) is 0 Å². The first-order valence-electron chi connectivity index (χ1n) is 11.4. The molecule has 0 N–H and O–H groups in total. The minimum absolute atomic E-state index is 1.16. The molecule has 0 spiro atoms. The van der Waals surface area contributed by atoms with Gasteiger partial charge < -0.3 is 9.47 Å². The number of nitrogens with zero attached hydrogens (tertiary/aromatic N) is 2. The maximum absolute atomic E-state index is 2.40. The first kappa shape index (κ1) is 20.8. The fraction of sp³-hybridized carbons (Fsp3) is 0.0968. The van der Waals surface area contributed by atoms with Crippen molar-refractivity contribution in [2.24, 2.45) is 0 Å². The van der Waals surface area contributed by atoms with E-state index >= 15 is 0 Å². The van der Waals surface area contributed by atoms with E-state index in [0.717, 1.165) is 5.69 Å². The molecule has 0 fully saturated rings. The number of benzene rings is 4. The van der Waals surface area contributed by atoms with Gasteiger partial charge in [0.1, 0.15) is 0 Å². The average molecular weight is 429 g/mol. The second-order valence-corrected chi connectivity index (χ2v) is 8.34. The van der Waals surface area contributed by atoms with Crippen LogP contribution < -0.4 is 4.90 Å². The molecule has 5 rings (SSSR count). The molecular weight excluding hydrogens is 400 g/mol. The number of hydrogen-bond donors (Lipinski definition) is 0. The Bertz CT molecular complexity index is 1470. The predicted molar refractivity (Wildman–Crippen MR) is 144 cm³/mol. The molecule has 0 aliphatic rings. The summed E-state index contributed by atoms with van der Waals surface area (Å²) in [7, 11) is 2.14. The first-order chi connectivity index (χ1) is 16.2. The molecular formula is C31H28N2. The number of hydrogen-bond acceptors (Lipinski definition) is 1. The SMILES string of the molecule is C/C=C\C=C(/C)c1ccc(-n2c3ccccc3c3cccc(N(C)c4ccccc4)c32)cc1. The molecule has 33 heavy (non-hydrogen) atoms. The molecule has 0 saturated heterocycles. The number of aromatic nitrogens is 1. The Hall–Kier alpha value is -4.04. The summed E-state index contributed by atoms with van der Waals surface area (Å²) in [5, 5.41) is 2.53. The molecule has 0 aliphatic heterocycles. The van der Waals surface area contributed by atoms with Gasteiger partial charge in [0.05, 0.1) is 16.7 Å². The lowest BCUT2D eigenvalue weighted by Gasteiger charge is -2.22. The van der Waals surface area contributed by atoms with E-state index in [1.54, 1.807) is 0 Å². The second kappa shape index (κ2) is 8.84. The van der Waals surface area contributed by atoms with Crippen LogP contribution in [0.3, 0.4) is 0 Å². The summed E-state index contributed by atoms with van der Waals surface area (Å²) < 4.78 is 2.40. The monoisotopic (exact) mass is 428 g/mol. The normalized spacial score (nSPS) is 12.2. The molecule has 1 heterocycles. The molecule has 0 aliphatic carbocycles. The molecule has 0 bridgehead atoms. The van der Waals surface area contributed by atoms with E-state index in [1.165, 1.54) is 44.3 Å². The van der Waals surface area contributed by atoms with Crippen molar-refractivity contribution < 1.29 is 0 Å². The predicted octanol–water partition coefficient (Wildman–Crippen LogP) is 8.53. The van der Waals surface area contributed by atoms with Crippen molar-refractivity contribution in [3.05, 3.63) is 121 Å². The van der Waals surface area contributed by atoms with E-state index in [0.29, 0.717) is 0 Å². The van der Waals surface area contributed by atoms with E-state index in [2.05, 4.69) is 139 Å². The van der Waals surface area contributed by atoms with Gasteiger partial charge in [-0.1, -0.05) is 78.9 Å². The third kappa shape index (κ3) is 3.74. The maximum atomic E-state index is 2.40. The molecule has 0 amide bonds. The number of fused-ring (bicyclic) bond motifs is 3. The zero-order valence-electron chi connectivity index (χ0n) is 19.4. The second-order valence-electron chi connectivity index (χ2n) is 8.34. The van der Waals surface area contributed by atoms with Crippen LogP contribution in [0, 0.1) is 0 Å². The Labute approximate surface area is 195 Å². The molecule has 0 atom stereocenters. The zero-order chi connectivity index (χ0) is 22.8. The van der Waals surface area contributed by atoms with Gasteiger partial charge in [-0.05, 0) is 61.4 Å². The molecule has 2 nitrogen and oxygen atoms in total. The highest BCUT2D eigenvalue weighted by Gasteiger charge is 2.17. The Balaban J connectivity index is 1.74. The maximum Gasteiger partial charge on any atom is 0.0778 e. The van der Waals surface area contributed by atoms with E-state index in [4.69, 9.17) is 0 Å². The number of anilines is 2. The van der Waals surface area contributed by atoms with Crippen molar-refractivity contribution in [2.75, 3.05) is 11.9 Å². The lowest BCUT2D eigenvalue weighted by Crippen LogP contribution is -2.11. The van der Waals surface area contributed by atoms with E-state index < -0.39 is 0 Å². The van der Waals surface area contributed by atoms with Gasteiger partial charge in [-0.3, -0.25) is 0 Å². The minimum atomic E-state index is 1.16. The van der Waals surface area contributed by atoms with E-state index in [-0.39, 0.29) is 0 Å². The largest absolute Gasteiger partial charge is 0.343 e. The topological polar surface area (TPSA) is 8.17 Å². The summed E-state index contributed by atoms with van der Waals surface area (Å²) in [6.45, 7) is 4.20. The lowest BCUT2D eigenvalue weighted by atomic mass is 10.1. The van der Waals surface area contributed by atoms with Gasteiger partial charge >= 0.3 is 0 Å². The lowest BCUT2D eigenvalue weighted by molar-refractivity contribution is 1.15. The third-order valence-electron chi connectivity index (χ3n) is 6.30.